The van der Waals surface area contributed by atoms with Crippen LogP contribution in [0.15, 0.2) is 0 Å². The monoisotopic (exact) mass is 224 g/mol. The largest absolute Gasteiger partial charge is 0.303 e. The fourth-order valence-corrected chi connectivity index (χ4v) is 3.46. The van der Waals surface area contributed by atoms with Gasteiger partial charge in [0.1, 0.15) is 0 Å². The topological polar surface area (TPSA) is 6.48 Å². The second-order valence-electron chi connectivity index (χ2n) is 5.99. The van der Waals surface area contributed by atoms with Gasteiger partial charge >= 0.3 is 0 Å². The summed E-state index contributed by atoms with van der Waals surface area (Å²) in [7, 11) is 0. The molecule has 0 aromatic carbocycles. The standard InChI is InChI=1S/C14H28N2/c1-4-7-15-8-5-13-6-9-16(12(2)3)11-14(13)10-15/h12-14H,4-11H2,1-3H3. The number of fused-ring (bicyclic) bond motifs is 1. The number of hydrogen-bond donors (Lipinski definition) is 0. The van der Waals surface area contributed by atoms with Gasteiger partial charge in [0.25, 0.3) is 0 Å². The molecule has 2 rings (SSSR count). The minimum atomic E-state index is 0.738. The molecule has 0 amide bonds. The highest BCUT2D eigenvalue weighted by Gasteiger charge is 2.34. The zero-order valence-electron chi connectivity index (χ0n) is 11.3. The van der Waals surface area contributed by atoms with E-state index >= 15 is 0 Å². The van der Waals surface area contributed by atoms with Gasteiger partial charge in [0.15, 0.2) is 0 Å². The third-order valence-electron chi connectivity index (χ3n) is 4.50. The summed E-state index contributed by atoms with van der Waals surface area (Å²) in [6.07, 6.45) is 4.21. The van der Waals surface area contributed by atoms with Gasteiger partial charge in [-0.05, 0) is 64.6 Å². The predicted molar refractivity (Wildman–Crippen MR) is 69.7 cm³/mol. The highest BCUT2D eigenvalue weighted by Crippen LogP contribution is 2.31. The van der Waals surface area contributed by atoms with Crippen LogP contribution in [-0.2, 0) is 0 Å². The van der Waals surface area contributed by atoms with E-state index < -0.39 is 0 Å². The fraction of sp³-hybridized carbons (Fsp3) is 1.00. The maximum atomic E-state index is 2.69. The Morgan fingerprint density at radius 3 is 2.50 bits per heavy atom. The Hall–Kier alpha value is -0.0800. The van der Waals surface area contributed by atoms with Crippen LogP contribution < -0.4 is 0 Å². The molecular formula is C14H28N2. The van der Waals surface area contributed by atoms with Crippen LogP contribution in [0.5, 0.6) is 0 Å². The maximum Gasteiger partial charge on any atom is 0.00387 e. The van der Waals surface area contributed by atoms with Crippen molar-refractivity contribution in [2.45, 2.75) is 46.1 Å². The molecule has 0 aromatic heterocycles. The van der Waals surface area contributed by atoms with Crippen LogP contribution >= 0.6 is 0 Å². The molecule has 2 unspecified atom stereocenters. The molecular weight excluding hydrogens is 196 g/mol. The molecule has 0 bridgehead atoms. The van der Waals surface area contributed by atoms with Crippen molar-refractivity contribution < 1.29 is 0 Å². The van der Waals surface area contributed by atoms with E-state index in [9.17, 15) is 0 Å². The van der Waals surface area contributed by atoms with E-state index in [-0.39, 0.29) is 0 Å². The van der Waals surface area contributed by atoms with Crippen molar-refractivity contribution >= 4 is 0 Å². The van der Waals surface area contributed by atoms with Crippen LogP contribution in [0.1, 0.15) is 40.0 Å². The van der Waals surface area contributed by atoms with Crippen molar-refractivity contribution in [1.82, 2.24) is 9.80 Å². The Morgan fingerprint density at radius 2 is 1.81 bits per heavy atom. The quantitative estimate of drug-likeness (QED) is 0.726. The van der Waals surface area contributed by atoms with Crippen LogP contribution in [0, 0.1) is 11.8 Å². The van der Waals surface area contributed by atoms with E-state index in [2.05, 4.69) is 30.6 Å². The summed E-state index contributed by atoms with van der Waals surface area (Å²) in [6, 6.07) is 0.738. The van der Waals surface area contributed by atoms with Gasteiger partial charge in [-0.15, -0.1) is 0 Å². The summed E-state index contributed by atoms with van der Waals surface area (Å²) >= 11 is 0. The molecule has 2 aliphatic rings. The van der Waals surface area contributed by atoms with Crippen molar-refractivity contribution in [3.8, 4) is 0 Å². The Kier molecular flexibility index (Phi) is 4.26. The summed E-state index contributed by atoms with van der Waals surface area (Å²) in [6.45, 7) is 13.7. The SMILES string of the molecule is CCCN1CCC2CCN(C(C)C)CC2C1. The second kappa shape index (κ2) is 5.50. The Bertz CT molecular complexity index is 215. The highest BCUT2D eigenvalue weighted by atomic mass is 15.2. The van der Waals surface area contributed by atoms with Crippen LogP contribution in [0.3, 0.4) is 0 Å². The van der Waals surface area contributed by atoms with Crippen LogP contribution in [-0.4, -0.2) is 48.6 Å². The molecule has 0 aromatic rings. The van der Waals surface area contributed by atoms with Crippen LogP contribution in [0.25, 0.3) is 0 Å². The summed E-state index contributed by atoms with van der Waals surface area (Å²) < 4.78 is 0. The summed E-state index contributed by atoms with van der Waals surface area (Å²) in [5, 5.41) is 0. The van der Waals surface area contributed by atoms with Crippen molar-refractivity contribution in [1.29, 1.82) is 0 Å². The number of piperidine rings is 2. The number of rotatable bonds is 3. The first-order chi connectivity index (χ1) is 7.70. The lowest BCUT2D eigenvalue weighted by Gasteiger charge is -2.46. The first-order valence-electron chi connectivity index (χ1n) is 7.17. The molecule has 2 heteroatoms. The first-order valence-corrected chi connectivity index (χ1v) is 7.17. The lowest BCUT2D eigenvalue weighted by atomic mass is 9.79. The van der Waals surface area contributed by atoms with Crippen LogP contribution in [0.4, 0.5) is 0 Å². The zero-order valence-corrected chi connectivity index (χ0v) is 11.3. The van der Waals surface area contributed by atoms with Gasteiger partial charge in [0, 0.05) is 19.1 Å². The number of likely N-dealkylation sites (tertiary alicyclic amines) is 2. The lowest BCUT2D eigenvalue weighted by Crippen LogP contribution is -2.51. The highest BCUT2D eigenvalue weighted by molar-refractivity contribution is 4.87. The van der Waals surface area contributed by atoms with Gasteiger partial charge in [-0.3, -0.25) is 0 Å². The summed E-state index contributed by atoms with van der Waals surface area (Å²) in [5.41, 5.74) is 0. The lowest BCUT2D eigenvalue weighted by molar-refractivity contribution is 0.0295. The zero-order chi connectivity index (χ0) is 11.5. The summed E-state index contributed by atoms with van der Waals surface area (Å²) in [5.74, 6) is 1.99. The molecule has 0 spiro atoms. The minimum absolute atomic E-state index is 0.738. The van der Waals surface area contributed by atoms with Crippen LogP contribution in [0.2, 0.25) is 0 Å². The van der Waals surface area contributed by atoms with Crippen molar-refractivity contribution in [2.75, 3.05) is 32.7 Å². The molecule has 0 radical (unpaired) electrons. The average molecular weight is 224 g/mol. The Balaban J connectivity index is 1.88. The molecule has 2 saturated heterocycles. The Labute approximate surface area is 101 Å². The number of nitrogens with zero attached hydrogens (tertiary/aromatic N) is 2. The number of hydrogen-bond acceptors (Lipinski definition) is 2. The van der Waals surface area contributed by atoms with Crippen molar-refractivity contribution in [2.24, 2.45) is 11.8 Å². The third-order valence-corrected chi connectivity index (χ3v) is 4.50. The molecule has 2 heterocycles. The van der Waals surface area contributed by atoms with Gasteiger partial charge in [-0.1, -0.05) is 6.92 Å². The molecule has 2 nitrogen and oxygen atoms in total. The normalized spacial score (nSPS) is 33.0. The van der Waals surface area contributed by atoms with E-state index in [4.69, 9.17) is 0 Å². The minimum Gasteiger partial charge on any atom is -0.303 e. The molecule has 0 N–H and O–H groups in total. The van der Waals surface area contributed by atoms with Crippen molar-refractivity contribution in [3.63, 3.8) is 0 Å². The fourth-order valence-electron chi connectivity index (χ4n) is 3.46. The maximum absolute atomic E-state index is 2.69. The molecule has 2 fully saturated rings. The summed E-state index contributed by atoms with van der Waals surface area (Å²) in [4.78, 5) is 5.36. The van der Waals surface area contributed by atoms with Gasteiger partial charge < -0.3 is 9.80 Å². The van der Waals surface area contributed by atoms with Crippen molar-refractivity contribution in [3.05, 3.63) is 0 Å². The van der Waals surface area contributed by atoms with E-state index in [1.54, 1.807) is 0 Å². The van der Waals surface area contributed by atoms with E-state index in [0.717, 1.165) is 17.9 Å². The third kappa shape index (κ3) is 2.78. The first kappa shape index (κ1) is 12.4. The molecule has 2 aliphatic heterocycles. The van der Waals surface area contributed by atoms with Gasteiger partial charge in [0.05, 0.1) is 0 Å². The predicted octanol–water partition coefficient (Wildman–Crippen LogP) is 2.45. The van der Waals surface area contributed by atoms with E-state index in [1.807, 2.05) is 0 Å². The van der Waals surface area contributed by atoms with Gasteiger partial charge in [-0.2, -0.15) is 0 Å². The van der Waals surface area contributed by atoms with Gasteiger partial charge in [0.2, 0.25) is 0 Å². The van der Waals surface area contributed by atoms with E-state index in [0.29, 0.717) is 0 Å². The molecule has 2 atom stereocenters. The van der Waals surface area contributed by atoms with Gasteiger partial charge in [-0.25, -0.2) is 0 Å². The Morgan fingerprint density at radius 1 is 1.06 bits per heavy atom. The smallest absolute Gasteiger partial charge is 0.00387 e. The average Bonchev–Trinajstić information content (AvgIpc) is 2.28. The molecule has 0 aliphatic carbocycles. The second-order valence-corrected chi connectivity index (χ2v) is 5.99. The van der Waals surface area contributed by atoms with E-state index in [1.165, 1.54) is 52.0 Å². The molecule has 16 heavy (non-hydrogen) atoms. The molecule has 94 valence electrons. The molecule has 0 saturated carbocycles.